The van der Waals surface area contributed by atoms with Gasteiger partial charge in [0.1, 0.15) is 18.1 Å². The van der Waals surface area contributed by atoms with E-state index in [9.17, 15) is 17.6 Å². The number of ether oxygens (including phenoxy) is 2. The van der Waals surface area contributed by atoms with Crippen molar-refractivity contribution in [3.63, 3.8) is 0 Å². The Balaban J connectivity index is 2.55. The van der Waals surface area contributed by atoms with Crippen LogP contribution < -0.4 is 9.04 Å². The van der Waals surface area contributed by atoms with Crippen molar-refractivity contribution in [1.82, 2.24) is 0 Å². The van der Waals surface area contributed by atoms with Gasteiger partial charge < -0.3 is 9.47 Å². The zero-order chi connectivity index (χ0) is 18.6. The number of hydrogen-bond donors (Lipinski definition) is 0. The molecule has 0 aliphatic heterocycles. The first kappa shape index (κ1) is 19.2. The van der Waals surface area contributed by atoms with Crippen LogP contribution in [0.2, 0.25) is 0 Å². The number of hydrogen-bond acceptors (Lipinski definition) is 5. The van der Waals surface area contributed by atoms with Gasteiger partial charge in [0.2, 0.25) is 0 Å². The number of rotatable bonds is 6. The van der Waals surface area contributed by atoms with Crippen molar-refractivity contribution in [3.8, 4) is 5.75 Å². The lowest BCUT2D eigenvalue weighted by atomic mass is 10.3. The van der Waals surface area contributed by atoms with E-state index in [0.717, 1.165) is 17.5 Å². The van der Waals surface area contributed by atoms with Gasteiger partial charge in [-0.15, -0.1) is 0 Å². The molecule has 6 nitrogen and oxygen atoms in total. The number of halogens is 2. The number of carbonyl (C=O) groups excluding carboxylic acids is 1. The van der Waals surface area contributed by atoms with Gasteiger partial charge in [0.05, 0.1) is 29.3 Å². The lowest BCUT2D eigenvalue weighted by Gasteiger charge is -2.23. The molecular formula is C16H15BrFNO5S. The van der Waals surface area contributed by atoms with E-state index in [0.29, 0.717) is 10.2 Å². The standard InChI is InChI=1S/C16H15BrFNO5S/c1-23-15-7-6-13(9-14(15)17)25(21,22)19(10-16(20)24-2)12-5-3-4-11(18)8-12/h3-9H,10H2,1-2H3. The first-order valence-electron chi connectivity index (χ1n) is 6.98. The lowest BCUT2D eigenvalue weighted by molar-refractivity contribution is -0.138. The molecule has 0 saturated carbocycles. The Bertz CT molecular complexity index is 888. The smallest absolute Gasteiger partial charge is 0.326 e. The predicted molar refractivity (Wildman–Crippen MR) is 93.6 cm³/mol. The summed E-state index contributed by atoms with van der Waals surface area (Å²) in [6.07, 6.45) is 0. The van der Waals surface area contributed by atoms with Crippen molar-refractivity contribution in [3.05, 3.63) is 52.8 Å². The second-order valence-corrected chi connectivity index (χ2v) is 7.58. The number of esters is 1. The van der Waals surface area contributed by atoms with Crippen LogP contribution >= 0.6 is 15.9 Å². The van der Waals surface area contributed by atoms with Gasteiger partial charge in [-0.2, -0.15) is 0 Å². The fourth-order valence-electron chi connectivity index (χ4n) is 2.06. The van der Waals surface area contributed by atoms with Gasteiger partial charge >= 0.3 is 5.97 Å². The first-order chi connectivity index (χ1) is 11.8. The van der Waals surface area contributed by atoms with E-state index in [1.54, 1.807) is 0 Å². The molecule has 0 aliphatic rings. The van der Waals surface area contributed by atoms with E-state index < -0.39 is 28.4 Å². The van der Waals surface area contributed by atoms with Gasteiger partial charge in [-0.25, -0.2) is 12.8 Å². The quantitative estimate of drug-likeness (QED) is 0.657. The second kappa shape index (κ2) is 7.83. The largest absolute Gasteiger partial charge is 0.496 e. The highest BCUT2D eigenvalue weighted by atomic mass is 79.9. The molecule has 2 rings (SSSR count). The van der Waals surface area contributed by atoms with Crippen LogP contribution in [0.1, 0.15) is 0 Å². The van der Waals surface area contributed by atoms with Crippen LogP contribution in [0.15, 0.2) is 51.8 Å². The fourth-order valence-corrected chi connectivity index (χ4v) is 4.18. The maximum absolute atomic E-state index is 13.5. The molecule has 134 valence electrons. The molecule has 0 saturated heterocycles. The second-order valence-electron chi connectivity index (χ2n) is 4.86. The van der Waals surface area contributed by atoms with Gasteiger partial charge in [0.25, 0.3) is 10.0 Å². The molecule has 25 heavy (non-hydrogen) atoms. The summed E-state index contributed by atoms with van der Waals surface area (Å²) in [6, 6.07) is 9.10. The van der Waals surface area contributed by atoms with E-state index in [1.807, 2.05) is 0 Å². The monoisotopic (exact) mass is 431 g/mol. The van der Waals surface area contributed by atoms with Gasteiger partial charge in [-0.05, 0) is 52.3 Å². The average molecular weight is 432 g/mol. The Morgan fingerprint density at radius 1 is 1.20 bits per heavy atom. The molecule has 0 aromatic heterocycles. The van der Waals surface area contributed by atoms with Crippen molar-refractivity contribution in [1.29, 1.82) is 0 Å². The van der Waals surface area contributed by atoms with Crippen molar-refractivity contribution < 1.29 is 27.1 Å². The summed E-state index contributed by atoms with van der Waals surface area (Å²) in [4.78, 5) is 11.6. The van der Waals surface area contributed by atoms with Crippen molar-refractivity contribution in [2.24, 2.45) is 0 Å². The molecule has 0 bridgehead atoms. The Morgan fingerprint density at radius 3 is 2.48 bits per heavy atom. The number of sulfonamides is 1. The third kappa shape index (κ3) is 4.29. The van der Waals surface area contributed by atoms with Crippen LogP contribution in [0.4, 0.5) is 10.1 Å². The van der Waals surface area contributed by atoms with E-state index >= 15 is 0 Å². The molecule has 0 heterocycles. The number of carbonyl (C=O) groups is 1. The number of anilines is 1. The van der Waals surface area contributed by atoms with E-state index in [1.165, 1.54) is 43.5 Å². The summed E-state index contributed by atoms with van der Waals surface area (Å²) in [5.41, 5.74) is 0.0114. The average Bonchev–Trinajstić information content (AvgIpc) is 2.59. The number of benzene rings is 2. The molecule has 0 radical (unpaired) electrons. The van der Waals surface area contributed by atoms with Crippen LogP contribution in [0, 0.1) is 5.82 Å². The van der Waals surface area contributed by atoms with E-state index in [4.69, 9.17) is 4.74 Å². The normalized spacial score (nSPS) is 11.0. The minimum absolute atomic E-state index is 0.0114. The molecule has 0 atom stereocenters. The summed E-state index contributed by atoms with van der Waals surface area (Å²) < 4.78 is 50.3. The molecule has 0 spiro atoms. The Hall–Kier alpha value is -2.13. The van der Waals surface area contributed by atoms with Crippen LogP contribution in [0.25, 0.3) is 0 Å². The van der Waals surface area contributed by atoms with Gasteiger partial charge in [0.15, 0.2) is 0 Å². The molecule has 0 fully saturated rings. The molecule has 2 aromatic rings. The molecule has 0 amide bonds. The molecule has 0 unspecified atom stereocenters. The van der Waals surface area contributed by atoms with Crippen molar-refractivity contribution in [2.45, 2.75) is 4.90 Å². The zero-order valence-corrected chi connectivity index (χ0v) is 15.8. The maximum Gasteiger partial charge on any atom is 0.326 e. The minimum Gasteiger partial charge on any atom is -0.496 e. The van der Waals surface area contributed by atoms with Crippen molar-refractivity contribution in [2.75, 3.05) is 25.1 Å². The zero-order valence-electron chi connectivity index (χ0n) is 13.4. The topological polar surface area (TPSA) is 72.9 Å². The van der Waals surface area contributed by atoms with Crippen LogP contribution in [-0.4, -0.2) is 35.2 Å². The summed E-state index contributed by atoms with van der Waals surface area (Å²) in [5, 5.41) is 0. The molecule has 0 aliphatic carbocycles. The molecule has 9 heteroatoms. The highest BCUT2D eigenvalue weighted by Crippen LogP contribution is 2.30. The van der Waals surface area contributed by atoms with Gasteiger partial charge in [-0.1, -0.05) is 6.07 Å². The highest BCUT2D eigenvalue weighted by molar-refractivity contribution is 9.10. The summed E-state index contributed by atoms with van der Waals surface area (Å²) >= 11 is 3.22. The molecular weight excluding hydrogens is 417 g/mol. The van der Waals surface area contributed by atoms with Crippen LogP contribution in [0.5, 0.6) is 5.75 Å². The van der Waals surface area contributed by atoms with Crippen LogP contribution in [-0.2, 0) is 19.6 Å². The first-order valence-corrected chi connectivity index (χ1v) is 9.21. The van der Waals surface area contributed by atoms with Crippen LogP contribution in [0.3, 0.4) is 0 Å². The third-order valence-corrected chi connectivity index (χ3v) is 5.70. The fraction of sp³-hybridized carbons (Fsp3) is 0.188. The predicted octanol–water partition coefficient (Wildman–Crippen LogP) is 2.97. The van der Waals surface area contributed by atoms with E-state index in [2.05, 4.69) is 20.7 Å². The van der Waals surface area contributed by atoms with Crippen molar-refractivity contribution >= 4 is 37.6 Å². The van der Waals surface area contributed by atoms with Gasteiger partial charge in [0, 0.05) is 0 Å². The summed E-state index contributed by atoms with van der Waals surface area (Å²) in [7, 11) is -1.55. The third-order valence-electron chi connectivity index (χ3n) is 3.31. The Kier molecular flexibility index (Phi) is 6.02. The Labute approximate surface area is 153 Å². The minimum atomic E-state index is -4.14. The number of nitrogens with zero attached hydrogens (tertiary/aromatic N) is 1. The molecule has 2 aromatic carbocycles. The summed E-state index contributed by atoms with van der Waals surface area (Å²) in [6.45, 7) is -0.591. The molecule has 0 N–H and O–H groups in total. The number of methoxy groups -OCH3 is 2. The SMILES string of the molecule is COC(=O)CN(c1cccc(F)c1)S(=O)(=O)c1ccc(OC)c(Br)c1. The Morgan fingerprint density at radius 2 is 1.92 bits per heavy atom. The highest BCUT2D eigenvalue weighted by Gasteiger charge is 2.28. The van der Waals surface area contributed by atoms with Gasteiger partial charge in [-0.3, -0.25) is 9.10 Å². The maximum atomic E-state index is 13.5. The summed E-state index contributed by atoms with van der Waals surface area (Å²) in [5.74, 6) is -0.955. The lowest BCUT2D eigenvalue weighted by Crippen LogP contribution is -2.36. The van der Waals surface area contributed by atoms with E-state index in [-0.39, 0.29) is 10.6 Å².